The van der Waals surface area contributed by atoms with E-state index in [2.05, 4.69) is 10.6 Å². The van der Waals surface area contributed by atoms with Gasteiger partial charge in [0.2, 0.25) is 5.76 Å². The Hall–Kier alpha value is -1.98. The molecule has 6 heteroatoms. The third-order valence-electron chi connectivity index (χ3n) is 3.32. The van der Waals surface area contributed by atoms with E-state index < -0.39 is 5.97 Å². The van der Waals surface area contributed by atoms with Crippen LogP contribution in [0.3, 0.4) is 0 Å². The summed E-state index contributed by atoms with van der Waals surface area (Å²) in [6, 6.07) is 2.66. The van der Waals surface area contributed by atoms with Gasteiger partial charge in [-0.1, -0.05) is 12.8 Å². The maximum atomic E-state index is 11.5. The largest absolute Gasteiger partial charge is 0.475 e. The highest BCUT2D eigenvalue weighted by molar-refractivity contribution is 5.84. The molecule has 1 saturated carbocycles. The number of furan rings is 1. The van der Waals surface area contributed by atoms with E-state index in [1.54, 1.807) is 6.07 Å². The third-order valence-corrected chi connectivity index (χ3v) is 3.32. The van der Waals surface area contributed by atoms with E-state index in [-0.39, 0.29) is 18.3 Å². The number of aromatic carboxylic acids is 1. The SMILES string of the molecule is O=C(NCc1ccc(C(=O)O)o1)NCC1CCCC1. The first-order chi connectivity index (χ1) is 9.15. The van der Waals surface area contributed by atoms with Crippen molar-refractivity contribution in [3.63, 3.8) is 0 Å². The van der Waals surface area contributed by atoms with Crippen LogP contribution < -0.4 is 10.6 Å². The van der Waals surface area contributed by atoms with Gasteiger partial charge in [-0.15, -0.1) is 0 Å². The molecule has 0 radical (unpaired) electrons. The van der Waals surface area contributed by atoms with E-state index in [1.807, 2.05) is 0 Å². The fourth-order valence-corrected chi connectivity index (χ4v) is 2.27. The van der Waals surface area contributed by atoms with Crippen LogP contribution in [-0.2, 0) is 6.54 Å². The number of hydrogen-bond acceptors (Lipinski definition) is 3. The van der Waals surface area contributed by atoms with E-state index in [1.165, 1.54) is 31.7 Å². The quantitative estimate of drug-likeness (QED) is 0.759. The van der Waals surface area contributed by atoms with Crippen molar-refractivity contribution < 1.29 is 19.1 Å². The Morgan fingerprint density at radius 1 is 1.26 bits per heavy atom. The fraction of sp³-hybridized carbons (Fsp3) is 0.538. The van der Waals surface area contributed by atoms with Gasteiger partial charge in [-0.2, -0.15) is 0 Å². The van der Waals surface area contributed by atoms with Crippen LogP contribution in [0.4, 0.5) is 4.79 Å². The number of amides is 2. The molecule has 1 heterocycles. The number of carbonyl (C=O) groups is 2. The number of urea groups is 1. The molecule has 2 amide bonds. The number of nitrogens with one attached hydrogen (secondary N) is 2. The molecular weight excluding hydrogens is 248 g/mol. The molecule has 0 atom stereocenters. The van der Waals surface area contributed by atoms with Crippen LogP contribution in [0.1, 0.15) is 42.0 Å². The molecule has 0 saturated heterocycles. The Morgan fingerprint density at radius 2 is 2.00 bits per heavy atom. The van der Waals surface area contributed by atoms with Gasteiger partial charge in [0.05, 0.1) is 6.54 Å². The Labute approximate surface area is 111 Å². The fourth-order valence-electron chi connectivity index (χ4n) is 2.27. The van der Waals surface area contributed by atoms with Gasteiger partial charge in [0.1, 0.15) is 5.76 Å². The zero-order valence-corrected chi connectivity index (χ0v) is 10.6. The second-order valence-corrected chi connectivity index (χ2v) is 4.79. The van der Waals surface area contributed by atoms with Gasteiger partial charge >= 0.3 is 12.0 Å². The Kier molecular flexibility index (Phi) is 4.43. The first-order valence-electron chi connectivity index (χ1n) is 6.49. The molecule has 0 bridgehead atoms. The standard InChI is InChI=1S/C13H18N2O4/c16-12(17)11-6-5-10(19-11)8-15-13(18)14-7-9-3-1-2-4-9/h5-6,9H,1-4,7-8H2,(H,16,17)(H2,14,15,18). The molecule has 0 aliphatic heterocycles. The van der Waals surface area contributed by atoms with Crippen LogP contribution in [0, 0.1) is 5.92 Å². The van der Waals surface area contributed by atoms with Crippen molar-refractivity contribution in [1.29, 1.82) is 0 Å². The Balaban J connectivity index is 1.68. The van der Waals surface area contributed by atoms with Gasteiger partial charge in [0.15, 0.2) is 0 Å². The second-order valence-electron chi connectivity index (χ2n) is 4.79. The number of hydrogen-bond donors (Lipinski definition) is 3. The first kappa shape index (κ1) is 13.5. The molecule has 1 aliphatic carbocycles. The zero-order chi connectivity index (χ0) is 13.7. The lowest BCUT2D eigenvalue weighted by Crippen LogP contribution is -2.37. The normalized spacial score (nSPS) is 15.4. The molecule has 0 aromatic carbocycles. The zero-order valence-electron chi connectivity index (χ0n) is 10.6. The summed E-state index contributed by atoms with van der Waals surface area (Å²) in [5, 5.41) is 14.1. The maximum Gasteiger partial charge on any atom is 0.371 e. The highest BCUT2D eigenvalue weighted by Gasteiger charge is 2.15. The van der Waals surface area contributed by atoms with Crippen molar-refractivity contribution in [2.24, 2.45) is 5.92 Å². The van der Waals surface area contributed by atoms with Crippen molar-refractivity contribution in [3.8, 4) is 0 Å². The van der Waals surface area contributed by atoms with E-state index in [9.17, 15) is 9.59 Å². The lowest BCUT2D eigenvalue weighted by Gasteiger charge is -2.10. The molecule has 0 spiro atoms. The van der Waals surface area contributed by atoms with Gasteiger partial charge in [-0.3, -0.25) is 0 Å². The van der Waals surface area contributed by atoms with E-state index in [4.69, 9.17) is 9.52 Å². The molecule has 19 heavy (non-hydrogen) atoms. The number of rotatable bonds is 5. The van der Waals surface area contributed by atoms with Gasteiger partial charge < -0.3 is 20.2 Å². The van der Waals surface area contributed by atoms with Crippen molar-refractivity contribution in [2.75, 3.05) is 6.54 Å². The van der Waals surface area contributed by atoms with Crippen LogP contribution in [-0.4, -0.2) is 23.7 Å². The lowest BCUT2D eigenvalue weighted by molar-refractivity contribution is 0.0660. The van der Waals surface area contributed by atoms with E-state index in [0.717, 1.165) is 0 Å². The van der Waals surface area contributed by atoms with Gasteiger partial charge in [0.25, 0.3) is 0 Å². The lowest BCUT2D eigenvalue weighted by atomic mass is 10.1. The molecular formula is C13H18N2O4. The minimum Gasteiger partial charge on any atom is -0.475 e. The van der Waals surface area contributed by atoms with Crippen molar-refractivity contribution in [2.45, 2.75) is 32.2 Å². The average Bonchev–Trinajstić information content (AvgIpc) is 3.05. The second kappa shape index (κ2) is 6.26. The Bertz CT molecular complexity index is 449. The summed E-state index contributed by atoms with van der Waals surface area (Å²) in [5.74, 6) is -0.221. The summed E-state index contributed by atoms with van der Waals surface area (Å²) in [5.41, 5.74) is 0. The van der Waals surface area contributed by atoms with Crippen LogP contribution in [0.15, 0.2) is 16.5 Å². The monoisotopic (exact) mass is 266 g/mol. The van der Waals surface area contributed by atoms with Gasteiger partial charge in [0, 0.05) is 6.54 Å². The molecule has 3 N–H and O–H groups in total. The van der Waals surface area contributed by atoms with E-state index >= 15 is 0 Å². The third kappa shape index (κ3) is 4.01. The summed E-state index contributed by atoms with van der Waals surface area (Å²) >= 11 is 0. The topological polar surface area (TPSA) is 91.6 Å². The maximum absolute atomic E-state index is 11.5. The summed E-state index contributed by atoms with van der Waals surface area (Å²) in [6.07, 6.45) is 4.86. The molecule has 104 valence electrons. The molecule has 1 aromatic rings. The van der Waals surface area contributed by atoms with Crippen LogP contribution in [0.5, 0.6) is 0 Å². The predicted molar refractivity (Wildman–Crippen MR) is 67.9 cm³/mol. The molecule has 1 aliphatic rings. The molecule has 0 unspecified atom stereocenters. The van der Waals surface area contributed by atoms with Gasteiger partial charge in [-0.05, 0) is 30.9 Å². The van der Waals surface area contributed by atoms with Gasteiger partial charge in [-0.25, -0.2) is 9.59 Å². The molecule has 2 rings (SSSR count). The van der Waals surface area contributed by atoms with Crippen molar-refractivity contribution in [3.05, 3.63) is 23.7 Å². The first-order valence-corrected chi connectivity index (χ1v) is 6.49. The summed E-state index contributed by atoms with van der Waals surface area (Å²) < 4.78 is 5.03. The van der Waals surface area contributed by atoms with Crippen LogP contribution in [0.25, 0.3) is 0 Å². The average molecular weight is 266 g/mol. The van der Waals surface area contributed by atoms with E-state index in [0.29, 0.717) is 18.2 Å². The minimum absolute atomic E-state index is 0.122. The highest BCUT2D eigenvalue weighted by atomic mass is 16.4. The number of carboxylic acids is 1. The summed E-state index contributed by atoms with van der Waals surface area (Å²) in [7, 11) is 0. The smallest absolute Gasteiger partial charge is 0.371 e. The summed E-state index contributed by atoms with van der Waals surface area (Å²) in [4.78, 5) is 22.1. The Morgan fingerprint density at radius 3 is 2.63 bits per heavy atom. The predicted octanol–water partition coefficient (Wildman–Crippen LogP) is 1.97. The van der Waals surface area contributed by atoms with Crippen LogP contribution in [0.2, 0.25) is 0 Å². The van der Waals surface area contributed by atoms with Crippen molar-refractivity contribution >= 4 is 12.0 Å². The molecule has 1 fully saturated rings. The molecule has 6 nitrogen and oxygen atoms in total. The number of carbonyl (C=O) groups excluding carboxylic acids is 1. The van der Waals surface area contributed by atoms with Crippen LogP contribution >= 0.6 is 0 Å². The highest BCUT2D eigenvalue weighted by Crippen LogP contribution is 2.23. The minimum atomic E-state index is -1.11. The number of carboxylic acid groups (broad SMARTS) is 1. The molecule has 1 aromatic heterocycles. The van der Waals surface area contributed by atoms with Crippen molar-refractivity contribution in [1.82, 2.24) is 10.6 Å². The summed E-state index contributed by atoms with van der Waals surface area (Å²) in [6.45, 7) is 0.883.